The summed E-state index contributed by atoms with van der Waals surface area (Å²) in [5.41, 5.74) is 3.22. The Kier molecular flexibility index (Phi) is 3.59. The summed E-state index contributed by atoms with van der Waals surface area (Å²) in [7, 11) is 0. The number of hydrogen-bond acceptors (Lipinski definition) is 3. The molecule has 2 aliphatic heterocycles. The molecule has 0 spiro atoms. The first-order valence-electron chi connectivity index (χ1n) is 7.85. The smallest absolute Gasteiger partial charge is 0.258 e. The SMILES string of the molecule is CSc1ccc(-c2ccc3n(c2=O)C[C@@H]2CNC[C@H]3C2)cc1. The van der Waals surface area contributed by atoms with Crippen LogP contribution in [0.1, 0.15) is 18.0 Å². The minimum absolute atomic E-state index is 0.172. The number of hydrogen-bond donors (Lipinski definition) is 1. The van der Waals surface area contributed by atoms with Crippen molar-refractivity contribution in [3.8, 4) is 11.1 Å². The highest BCUT2D eigenvalue weighted by Crippen LogP contribution is 2.32. The van der Waals surface area contributed by atoms with Crippen LogP contribution in [0.4, 0.5) is 0 Å². The standard InChI is InChI=1S/C18H20N2OS/c1-22-15-4-2-13(3-5-15)16-6-7-17-14-8-12(9-19-10-14)11-20(17)18(16)21/h2-7,12,14,19H,8-11H2,1H3/t12-,14+/m0/s1. The summed E-state index contributed by atoms with van der Waals surface area (Å²) >= 11 is 1.72. The zero-order valence-electron chi connectivity index (χ0n) is 12.7. The first-order valence-corrected chi connectivity index (χ1v) is 9.07. The number of rotatable bonds is 2. The molecule has 2 atom stereocenters. The molecule has 114 valence electrons. The van der Waals surface area contributed by atoms with Gasteiger partial charge >= 0.3 is 0 Å². The Morgan fingerprint density at radius 2 is 1.95 bits per heavy atom. The van der Waals surface area contributed by atoms with Crippen molar-refractivity contribution in [2.75, 3.05) is 19.3 Å². The molecule has 0 saturated carbocycles. The van der Waals surface area contributed by atoms with Gasteiger partial charge in [-0.15, -0.1) is 11.8 Å². The van der Waals surface area contributed by atoms with Gasteiger partial charge in [0.15, 0.2) is 0 Å². The predicted octanol–water partition coefficient (Wildman–Crippen LogP) is 2.94. The highest BCUT2D eigenvalue weighted by molar-refractivity contribution is 7.98. The minimum Gasteiger partial charge on any atom is -0.316 e. The second kappa shape index (κ2) is 5.60. The van der Waals surface area contributed by atoms with Crippen LogP contribution in [0.5, 0.6) is 0 Å². The third-order valence-electron chi connectivity index (χ3n) is 4.91. The van der Waals surface area contributed by atoms with E-state index in [1.54, 1.807) is 11.8 Å². The lowest BCUT2D eigenvalue weighted by molar-refractivity contribution is 0.257. The number of fused-ring (bicyclic) bond motifs is 4. The van der Waals surface area contributed by atoms with Crippen molar-refractivity contribution in [2.24, 2.45) is 5.92 Å². The number of aromatic nitrogens is 1. The summed E-state index contributed by atoms with van der Waals surface area (Å²) in [6, 6.07) is 12.5. The van der Waals surface area contributed by atoms with E-state index in [2.05, 4.69) is 41.9 Å². The quantitative estimate of drug-likeness (QED) is 0.866. The van der Waals surface area contributed by atoms with Crippen LogP contribution in [0, 0.1) is 5.92 Å². The zero-order chi connectivity index (χ0) is 15.1. The Morgan fingerprint density at radius 3 is 2.73 bits per heavy atom. The van der Waals surface area contributed by atoms with E-state index in [0.717, 1.165) is 30.8 Å². The van der Waals surface area contributed by atoms with Crippen LogP contribution in [0.15, 0.2) is 46.1 Å². The normalized spacial score (nSPS) is 23.1. The van der Waals surface area contributed by atoms with E-state index in [-0.39, 0.29) is 5.56 Å². The molecule has 2 bridgehead atoms. The third kappa shape index (κ3) is 2.31. The van der Waals surface area contributed by atoms with Crippen LogP contribution in [-0.2, 0) is 6.54 Å². The van der Waals surface area contributed by atoms with Crippen molar-refractivity contribution in [2.45, 2.75) is 23.8 Å². The van der Waals surface area contributed by atoms with E-state index >= 15 is 0 Å². The summed E-state index contributed by atoms with van der Waals surface area (Å²) in [5, 5.41) is 3.49. The van der Waals surface area contributed by atoms with Crippen molar-refractivity contribution in [3.63, 3.8) is 0 Å². The van der Waals surface area contributed by atoms with Crippen molar-refractivity contribution in [1.29, 1.82) is 0 Å². The topological polar surface area (TPSA) is 34.0 Å². The number of nitrogens with zero attached hydrogens (tertiary/aromatic N) is 1. The molecule has 3 heterocycles. The number of pyridine rings is 1. The maximum atomic E-state index is 12.9. The zero-order valence-corrected chi connectivity index (χ0v) is 13.5. The van der Waals surface area contributed by atoms with Gasteiger partial charge in [-0.25, -0.2) is 0 Å². The van der Waals surface area contributed by atoms with Crippen LogP contribution in [0.2, 0.25) is 0 Å². The summed E-state index contributed by atoms with van der Waals surface area (Å²) in [6.45, 7) is 2.89. The van der Waals surface area contributed by atoms with Crippen LogP contribution in [0.3, 0.4) is 0 Å². The molecule has 1 N–H and O–H groups in total. The van der Waals surface area contributed by atoms with Crippen LogP contribution in [-0.4, -0.2) is 23.9 Å². The maximum absolute atomic E-state index is 12.9. The van der Waals surface area contributed by atoms with Gasteiger partial charge in [-0.3, -0.25) is 4.79 Å². The molecule has 4 rings (SSSR count). The molecule has 0 amide bonds. The molecule has 2 aliphatic rings. The monoisotopic (exact) mass is 312 g/mol. The first kappa shape index (κ1) is 14.1. The molecule has 1 aromatic heterocycles. The van der Waals surface area contributed by atoms with Gasteiger partial charge < -0.3 is 9.88 Å². The molecule has 0 aliphatic carbocycles. The van der Waals surface area contributed by atoms with Gasteiger partial charge in [-0.05, 0) is 55.0 Å². The number of benzene rings is 1. The fraction of sp³-hybridized carbons (Fsp3) is 0.389. The van der Waals surface area contributed by atoms with E-state index in [1.165, 1.54) is 17.0 Å². The van der Waals surface area contributed by atoms with Crippen molar-refractivity contribution < 1.29 is 0 Å². The van der Waals surface area contributed by atoms with Gasteiger partial charge in [0, 0.05) is 35.2 Å². The van der Waals surface area contributed by atoms with E-state index in [1.807, 2.05) is 10.6 Å². The molecule has 0 unspecified atom stereocenters. The molecular formula is C18H20N2OS. The molecule has 4 heteroatoms. The second-order valence-corrected chi connectivity index (χ2v) is 7.15. The fourth-order valence-corrected chi connectivity index (χ4v) is 4.19. The summed E-state index contributed by atoms with van der Waals surface area (Å²) in [5.74, 6) is 1.09. The molecule has 22 heavy (non-hydrogen) atoms. The van der Waals surface area contributed by atoms with Crippen LogP contribution in [0.25, 0.3) is 11.1 Å². The lowest BCUT2D eigenvalue weighted by Gasteiger charge is -2.37. The maximum Gasteiger partial charge on any atom is 0.258 e. The van der Waals surface area contributed by atoms with Gasteiger partial charge in [-0.1, -0.05) is 12.1 Å². The lowest BCUT2D eigenvalue weighted by Crippen LogP contribution is -2.45. The lowest BCUT2D eigenvalue weighted by atomic mass is 9.84. The Labute approximate surface area is 134 Å². The molecule has 1 fully saturated rings. The highest BCUT2D eigenvalue weighted by Gasteiger charge is 2.31. The highest BCUT2D eigenvalue weighted by atomic mass is 32.2. The number of thioether (sulfide) groups is 1. The number of piperidine rings is 1. The van der Waals surface area contributed by atoms with Crippen molar-refractivity contribution in [3.05, 3.63) is 52.4 Å². The van der Waals surface area contributed by atoms with Gasteiger partial charge in [0.1, 0.15) is 0 Å². The first-order chi connectivity index (χ1) is 10.8. The summed E-state index contributed by atoms with van der Waals surface area (Å²) in [4.78, 5) is 14.2. The average molecular weight is 312 g/mol. The largest absolute Gasteiger partial charge is 0.316 e. The molecule has 3 nitrogen and oxygen atoms in total. The summed E-state index contributed by atoms with van der Waals surface area (Å²) < 4.78 is 2.03. The van der Waals surface area contributed by atoms with E-state index in [9.17, 15) is 4.79 Å². The van der Waals surface area contributed by atoms with Crippen molar-refractivity contribution >= 4 is 11.8 Å². The van der Waals surface area contributed by atoms with E-state index < -0.39 is 0 Å². The minimum atomic E-state index is 0.172. The Bertz CT molecular complexity index is 751. The average Bonchev–Trinajstić information content (AvgIpc) is 2.56. The third-order valence-corrected chi connectivity index (χ3v) is 5.65. The van der Waals surface area contributed by atoms with Gasteiger partial charge in [0.2, 0.25) is 0 Å². The van der Waals surface area contributed by atoms with Gasteiger partial charge in [-0.2, -0.15) is 0 Å². The predicted molar refractivity (Wildman–Crippen MR) is 91.6 cm³/mol. The van der Waals surface area contributed by atoms with E-state index in [0.29, 0.717) is 11.8 Å². The Balaban J connectivity index is 1.79. The van der Waals surface area contributed by atoms with Crippen molar-refractivity contribution in [1.82, 2.24) is 9.88 Å². The van der Waals surface area contributed by atoms with Crippen LogP contribution >= 0.6 is 11.8 Å². The molecule has 0 radical (unpaired) electrons. The number of nitrogens with one attached hydrogen (secondary N) is 1. The fourth-order valence-electron chi connectivity index (χ4n) is 3.78. The second-order valence-electron chi connectivity index (χ2n) is 6.27. The molecular weight excluding hydrogens is 292 g/mol. The Hall–Kier alpha value is -1.52. The van der Waals surface area contributed by atoms with Gasteiger partial charge in [0.05, 0.1) is 0 Å². The molecule has 1 aromatic carbocycles. The Morgan fingerprint density at radius 1 is 1.14 bits per heavy atom. The molecule has 1 saturated heterocycles. The summed E-state index contributed by atoms with van der Waals surface area (Å²) in [6.07, 6.45) is 3.28. The molecule has 2 aromatic rings. The van der Waals surface area contributed by atoms with Crippen LogP contribution < -0.4 is 10.9 Å². The van der Waals surface area contributed by atoms with Gasteiger partial charge in [0.25, 0.3) is 5.56 Å². The van der Waals surface area contributed by atoms with E-state index in [4.69, 9.17) is 0 Å².